The fraction of sp³-hybridized carbons (Fsp3) is 0.588. The molecule has 1 aliphatic carbocycles. The van der Waals surface area contributed by atoms with Crippen molar-refractivity contribution in [3.05, 3.63) is 23.8 Å². The van der Waals surface area contributed by atoms with Crippen LogP contribution in [0.25, 0.3) is 0 Å². The molecule has 1 aromatic rings. The van der Waals surface area contributed by atoms with Gasteiger partial charge in [0.15, 0.2) is 0 Å². The van der Waals surface area contributed by atoms with Gasteiger partial charge in [-0.2, -0.15) is 0 Å². The molecule has 0 radical (unpaired) electrons. The number of aromatic carboxylic acids is 1. The summed E-state index contributed by atoms with van der Waals surface area (Å²) >= 11 is 1.59. The van der Waals surface area contributed by atoms with E-state index in [4.69, 9.17) is 0 Å². The van der Waals surface area contributed by atoms with Gasteiger partial charge in [0.1, 0.15) is 0 Å². The first-order valence-corrected chi connectivity index (χ1v) is 8.89. The fourth-order valence-electron chi connectivity index (χ4n) is 3.08. The minimum absolute atomic E-state index is 0.410. The van der Waals surface area contributed by atoms with Crippen LogP contribution in [-0.4, -0.2) is 22.9 Å². The highest BCUT2D eigenvalue weighted by molar-refractivity contribution is 7.99. The lowest BCUT2D eigenvalue weighted by Crippen LogP contribution is -2.26. The van der Waals surface area contributed by atoms with Crippen molar-refractivity contribution in [2.75, 3.05) is 11.1 Å². The van der Waals surface area contributed by atoms with E-state index in [0.717, 1.165) is 35.1 Å². The van der Waals surface area contributed by atoms with E-state index >= 15 is 0 Å². The first-order chi connectivity index (χ1) is 10.2. The molecule has 0 unspecified atom stereocenters. The Hall–Kier alpha value is -1.16. The molecular formula is C17H25NO2S. The van der Waals surface area contributed by atoms with Crippen molar-refractivity contribution in [1.82, 2.24) is 0 Å². The lowest BCUT2D eigenvalue weighted by Gasteiger charge is -2.29. The van der Waals surface area contributed by atoms with Crippen molar-refractivity contribution in [1.29, 1.82) is 0 Å². The van der Waals surface area contributed by atoms with E-state index in [0.29, 0.717) is 11.6 Å². The van der Waals surface area contributed by atoms with Crippen molar-refractivity contribution >= 4 is 23.4 Å². The molecule has 0 amide bonds. The molecule has 1 fully saturated rings. The molecule has 0 heterocycles. The number of carboxylic acid groups (broad SMARTS) is 1. The number of carbonyl (C=O) groups is 1. The maximum Gasteiger partial charge on any atom is 0.338 e. The zero-order chi connectivity index (χ0) is 15.2. The Labute approximate surface area is 131 Å². The van der Waals surface area contributed by atoms with Gasteiger partial charge in [0.25, 0.3) is 0 Å². The van der Waals surface area contributed by atoms with E-state index in [-0.39, 0.29) is 0 Å². The Morgan fingerprint density at radius 1 is 1.29 bits per heavy atom. The van der Waals surface area contributed by atoms with Crippen LogP contribution in [0.4, 0.5) is 5.69 Å². The molecule has 1 aromatic carbocycles. The number of hydrogen-bond donors (Lipinski definition) is 2. The predicted octanol–water partition coefficient (Wildman–Crippen LogP) is 4.88. The normalized spacial score (nSPS) is 22.0. The molecule has 3 nitrogen and oxygen atoms in total. The summed E-state index contributed by atoms with van der Waals surface area (Å²) in [5, 5.41) is 13.0. The van der Waals surface area contributed by atoms with E-state index in [9.17, 15) is 9.90 Å². The molecule has 0 saturated heterocycles. The standard InChI is InChI=1S/C17H25NO2S/c1-3-12-8-10-13(11-9-12)18-14-6-5-7-15(21-4-2)16(14)17(19)20/h5-7,12-13,18H,3-4,8-11H2,1-2H3,(H,19,20). The van der Waals surface area contributed by atoms with Gasteiger partial charge < -0.3 is 10.4 Å². The quantitative estimate of drug-likeness (QED) is 0.736. The first-order valence-electron chi connectivity index (χ1n) is 7.91. The number of thioether (sulfide) groups is 1. The highest BCUT2D eigenvalue weighted by atomic mass is 32.2. The lowest BCUT2D eigenvalue weighted by atomic mass is 9.84. The number of benzene rings is 1. The van der Waals surface area contributed by atoms with Crippen molar-refractivity contribution in [2.24, 2.45) is 5.92 Å². The van der Waals surface area contributed by atoms with Gasteiger partial charge in [0.05, 0.1) is 11.3 Å². The van der Waals surface area contributed by atoms with E-state index in [1.54, 1.807) is 11.8 Å². The van der Waals surface area contributed by atoms with E-state index < -0.39 is 5.97 Å². The average molecular weight is 307 g/mol. The van der Waals surface area contributed by atoms with E-state index in [1.807, 2.05) is 25.1 Å². The number of carboxylic acids is 1. The summed E-state index contributed by atoms with van der Waals surface area (Å²) in [6.07, 6.45) is 6.04. The Morgan fingerprint density at radius 3 is 2.57 bits per heavy atom. The van der Waals surface area contributed by atoms with Gasteiger partial charge in [-0.25, -0.2) is 4.79 Å². The summed E-state index contributed by atoms with van der Waals surface area (Å²) in [6, 6.07) is 6.16. The van der Waals surface area contributed by atoms with Gasteiger partial charge >= 0.3 is 5.97 Å². The van der Waals surface area contributed by atoms with Gasteiger partial charge in [-0.1, -0.05) is 26.3 Å². The third-order valence-corrected chi connectivity index (χ3v) is 5.26. The molecular weight excluding hydrogens is 282 g/mol. The summed E-state index contributed by atoms with van der Waals surface area (Å²) < 4.78 is 0. The Kier molecular flexibility index (Phi) is 5.97. The summed E-state index contributed by atoms with van der Waals surface area (Å²) in [5.74, 6) is 0.894. The van der Waals surface area contributed by atoms with Crippen molar-refractivity contribution < 1.29 is 9.90 Å². The first kappa shape index (κ1) is 16.2. The number of nitrogens with one attached hydrogen (secondary N) is 1. The van der Waals surface area contributed by atoms with Crippen LogP contribution in [0.3, 0.4) is 0 Å². The molecule has 1 saturated carbocycles. The van der Waals surface area contributed by atoms with Crippen LogP contribution in [0, 0.1) is 5.92 Å². The van der Waals surface area contributed by atoms with Crippen LogP contribution in [0.5, 0.6) is 0 Å². The SMILES string of the molecule is CCSc1cccc(NC2CCC(CC)CC2)c1C(=O)O. The van der Waals surface area contributed by atoms with Gasteiger partial charge in [-0.05, 0) is 49.5 Å². The summed E-state index contributed by atoms with van der Waals surface area (Å²) in [4.78, 5) is 12.5. The molecule has 1 aliphatic rings. The molecule has 116 valence electrons. The summed E-state index contributed by atoms with van der Waals surface area (Å²) in [7, 11) is 0. The Bertz CT molecular complexity index is 482. The highest BCUT2D eigenvalue weighted by Gasteiger charge is 2.22. The molecule has 4 heteroatoms. The maximum absolute atomic E-state index is 11.6. The largest absolute Gasteiger partial charge is 0.478 e. The van der Waals surface area contributed by atoms with Crippen LogP contribution in [-0.2, 0) is 0 Å². The third-order valence-electron chi connectivity index (χ3n) is 4.32. The molecule has 0 atom stereocenters. The van der Waals surface area contributed by atoms with Crippen molar-refractivity contribution in [3.63, 3.8) is 0 Å². The van der Waals surface area contributed by atoms with Gasteiger partial charge in [0.2, 0.25) is 0 Å². The fourth-order valence-corrected chi connectivity index (χ4v) is 3.91. The predicted molar refractivity (Wildman–Crippen MR) is 89.5 cm³/mol. The molecule has 0 bridgehead atoms. The lowest BCUT2D eigenvalue weighted by molar-refractivity contribution is 0.0694. The van der Waals surface area contributed by atoms with Gasteiger partial charge in [0, 0.05) is 10.9 Å². The second-order valence-corrected chi connectivity index (χ2v) is 6.99. The minimum Gasteiger partial charge on any atom is -0.478 e. The van der Waals surface area contributed by atoms with Gasteiger partial charge in [-0.3, -0.25) is 0 Å². The maximum atomic E-state index is 11.6. The highest BCUT2D eigenvalue weighted by Crippen LogP contribution is 2.32. The zero-order valence-electron chi connectivity index (χ0n) is 12.9. The number of hydrogen-bond acceptors (Lipinski definition) is 3. The zero-order valence-corrected chi connectivity index (χ0v) is 13.7. The van der Waals surface area contributed by atoms with Crippen LogP contribution >= 0.6 is 11.8 Å². The second-order valence-electron chi connectivity index (χ2n) is 5.69. The minimum atomic E-state index is -0.837. The summed E-state index contributed by atoms with van der Waals surface area (Å²) in [5.41, 5.74) is 1.21. The van der Waals surface area contributed by atoms with Crippen LogP contribution in [0.2, 0.25) is 0 Å². The smallest absolute Gasteiger partial charge is 0.338 e. The molecule has 21 heavy (non-hydrogen) atoms. The van der Waals surface area contributed by atoms with Crippen LogP contribution in [0.15, 0.2) is 23.1 Å². The number of rotatable bonds is 6. The van der Waals surface area contributed by atoms with Crippen molar-refractivity contribution in [3.8, 4) is 0 Å². The van der Waals surface area contributed by atoms with Crippen LogP contribution < -0.4 is 5.32 Å². The van der Waals surface area contributed by atoms with Crippen LogP contribution in [0.1, 0.15) is 56.3 Å². The molecule has 2 rings (SSSR count). The van der Waals surface area contributed by atoms with Crippen molar-refractivity contribution in [2.45, 2.75) is 56.9 Å². The Morgan fingerprint density at radius 2 is 2.00 bits per heavy atom. The third kappa shape index (κ3) is 4.16. The molecule has 2 N–H and O–H groups in total. The topological polar surface area (TPSA) is 49.3 Å². The summed E-state index contributed by atoms with van der Waals surface area (Å²) in [6.45, 7) is 4.30. The molecule has 0 aromatic heterocycles. The van der Waals surface area contributed by atoms with Gasteiger partial charge in [-0.15, -0.1) is 11.8 Å². The second kappa shape index (κ2) is 7.74. The Balaban J connectivity index is 2.12. The van der Waals surface area contributed by atoms with E-state index in [1.165, 1.54) is 19.3 Å². The molecule has 0 aliphatic heterocycles. The van der Waals surface area contributed by atoms with E-state index in [2.05, 4.69) is 12.2 Å². The molecule has 0 spiro atoms. The number of anilines is 1. The monoisotopic (exact) mass is 307 g/mol. The average Bonchev–Trinajstić information content (AvgIpc) is 2.48.